The van der Waals surface area contributed by atoms with Crippen LogP contribution in [0, 0.1) is 6.92 Å². The maximum absolute atomic E-state index is 11.8. The van der Waals surface area contributed by atoms with Crippen LogP contribution in [0.1, 0.15) is 26.4 Å². The lowest BCUT2D eigenvalue weighted by Crippen LogP contribution is -2.12. The van der Waals surface area contributed by atoms with E-state index in [9.17, 15) is 9.59 Å². The highest BCUT2D eigenvalue weighted by Crippen LogP contribution is 2.19. The van der Waals surface area contributed by atoms with E-state index >= 15 is 0 Å². The summed E-state index contributed by atoms with van der Waals surface area (Å²) in [4.78, 5) is 23.4. The number of esters is 2. The second kappa shape index (κ2) is 4.52. The van der Waals surface area contributed by atoms with Gasteiger partial charge < -0.3 is 13.9 Å². The molecule has 0 radical (unpaired) electrons. The number of hydrogen-bond donors (Lipinski definition) is 0. The van der Waals surface area contributed by atoms with Gasteiger partial charge in [-0.2, -0.15) is 0 Å². The normalized spacial score (nSPS) is 10.4. The van der Waals surface area contributed by atoms with Gasteiger partial charge in [-0.25, -0.2) is 9.59 Å². The molecule has 0 amide bonds. The first-order chi connectivity index (χ1) is 8.58. The molecule has 0 fully saturated rings. The van der Waals surface area contributed by atoms with Crippen LogP contribution in [0.3, 0.4) is 0 Å². The number of ether oxygens (including phenoxy) is 2. The minimum absolute atomic E-state index is 0.180. The van der Waals surface area contributed by atoms with Gasteiger partial charge in [0.25, 0.3) is 0 Å². The van der Waals surface area contributed by atoms with Crippen LogP contribution in [0.2, 0.25) is 0 Å². The Labute approximate surface area is 104 Å². The number of fused-ring (bicyclic) bond motifs is 1. The topological polar surface area (TPSA) is 57.0 Å². The van der Waals surface area contributed by atoms with Crippen LogP contribution in [-0.4, -0.2) is 30.6 Å². The number of carbonyl (C=O) groups excluding carboxylic acids is 2. The van der Waals surface area contributed by atoms with Gasteiger partial charge in [0.1, 0.15) is 5.69 Å². The standard InChI is InChI=1S/C13H13NO4/c1-8-4-5-14-9(6-8)7-10(12(15)17-2)11(14)13(16)18-3/h4-7H,1-3H3. The third kappa shape index (κ3) is 1.84. The molecule has 0 atom stereocenters. The monoisotopic (exact) mass is 247 g/mol. The largest absolute Gasteiger partial charge is 0.465 e. The van der Waals surface area contributed by atoms with Crippen molar-refractivity contribution in [2.75, 3.05) is 14.2 Å². The summed E-state index contributed by atoms with van der Waals surface area (Å²) in [6.07, 6.45) is 1.73. The molecule has 18 heavy (non-hydrogen) atoms. The van der Waals surface area contributed by atoms with Crippen molar-refractivity contribution in [2.45, 2.75) is 6.92 Å². The van der Waals surface area contributed by atoms with E-state index in [1.54, 1.807) is 16.7 Å². The maximum atomic E-state index is 11.8. The maximum Gasteiger partial charge on any atom is 0.355 e. The third-order valence-corrected chi connectivity index (χ3v) is 2.71. The van der Waals surface area contributed by atoms with Crippen LogP contribution in [-0.2, 0) is 9.47 Å². The Kier molecular flexibility index (Phi) is 3.06. The van der Waals surface area contributed by atoms with Crippen molar-refractivity contribution in [2.24, 2.45) is 0 Å². The highest BCUT2D eigenvalue weighted by Gasteiger charge is 2.23. The quantitative estimate of drug-likeness (QED) is 0.759. The van der Waals surface area contributed by atoms with Gasteiger partial charge in [-0.15, -0.1) is 0 Å². The number of hydrogen-bond acceptors (Lipinski definition) is 4. The minimum Gasteiger partial charge on any atom is -0.465 e. The first-order valence-corrected chi connectivity index (χ1v) is 5.37. The summed E-state index contributed by atoms with van der Waals surface area (Å²) in [5.41, 5.74) is 2.16. The molecule has 0 bridgehead atoms. The highest BCUT2D eigenvalue weighted by atomic mass is 16.5. The van der Waals surface area contributed by atoms with Crippen molar-refractivity contribution >= 4 is 17.5 Å². The molecule has 0 aliphatic carbocycles. The van der Waals surface area contributed by atoms with Gasteiger partial charge in [0.05, 0.1) is 19.8 Å². The van der Waals surface area contributed by atoms with Crippen molar-refractivity contribution in [3.8, 4) is 0 Å². The molecule has 0 N–H and O–H groups in total. The van der Waals surface area contributed by atoms with Gasteiger partial charge in [0.15, 0.2) is 0 Å². The summed E-state index contributed by atoms with van der Waals surface area (Å²) in [7, 11) is 2.55. The molecular weight excluding hydrogens is 234 g/mol. The van der Waals surface area contributed by atoms with E-state index in [2.05, 4.69) is 4.74 Å². The van der Waals surface area contributed by atoms with Gasteiger partial charge in [0, 0.05) is 11.7 Å². The fourth-order valence-electron chi connectivity index (χ4n) is 1.86. The number of nitrogens with zero attached hydrogens (tertiary/aromatic N) is 1. The zero-order valence-corrected chi connectivity index (χ0v) is 10.4. The predicted octanol–water partition coefficient (Wildman–Crippen LogP) is 1.82. The molecule has 2 aromatic heterocycles. The van der Waals surface area contributed by atoms with E-state index in [0.717, 1.165) is 11.1 Å². The second-order valence-electron chi connectivity index (χ2n) is 3.89. The Balaban J connectivity index is 2.76. The average Bonchev–Trinajstić information content (AvgIpc) is 2.75. The molecule has 2 heterocycles. The molecule has 0 aromatic carbocycles. The Morgan fingerprint density at radius 2 is 1.78 bits per heavy atom. The number of pyridine rings is 1. The molecule has 0 unspecified atom stereocenters. The van der Waals surface area contributed by atoms with Gasteiger partial charge in [-0.1, -0.05) is 0 Å². The molecule has 2 rings (SSSR count). The Morgan fingerprint density at radius 1 is 1.11 bits per heavy atom. The zero-order valence-electron chi connectivity index (χ0n) is 10.4. The van der Waals surface area contributed by atoms with Crippen LogP contribution in [0.25, 0.3) is 5.52 Å². The molecule has 0 aliphatic heterocycles. The summed E-state index contributed by atoms with van der Waals surface area (Å²) >= 11 is 0. The average molecular weight is 247 g/mol. The zero-order chi connectivity index (χ0) is 13.3. The van der Waals surface area contributed by atoms with Crippen LogP contribution < -0.4 is 0 Å². The van der Waals surface area contributed by atoms with Crippen molar-refractivity contribution in [1.29, 1.82) is 0 Å². The van der Waals surface area contributed by atoms with E-state index < -0.39 is 11.9 Å². The highest BCUT2D eigenvalue weighted by molar-refractivity contribution is 6.04. The lowest BCUT2D eigenvalue weighted by molar-refractivity contribution is 0.0550. The predicted molar refractivity (Wildman–Crippen MR) is 64.8 cm³/mol. The van der Waals surface area contributed by atoms with Crippen molar-refractivity contribution in [3.05, 3.63) is 41.2 Å². The van der Waals surface area contributed by atoms with Crippen LogP contribution in [0.5, 0.6) is 0 Å². The Morgan fingerprint density at radius 3 is 2.39 bits per heavy atom. The van der Waals surface area contributed by atoms with Crippen molar-refractivity contribution < 1.29 is 19.1 Å². The van der Waals surface area contributed by atoms with E-state index in [4.69, 9.17) is 4.74 Å². The summed E-state index contributed by atoms with van der Waals surface area (Å²) in [6, 6.07) is 5.34. The fraction of sp³-hybridized carbons (Fsp3) is 0.231. The molecule has 94 valence electrons. The first kappa shape index (κ1) is 12.2. The van der Waals surface area contributed by atoms with Gasteiger partial charge in [-0.05, 0) is 30.7 Å². The van der Waals surface area contributed by atoms with Crippen LogP contribution in [0.15, 0.2) is 24.4 Å². The Hall–Kier alpha value is -2.30. The van der Waals surface area contributed by atoms with Crippen molar-refractivity contribution in [3.63, 3.8) is 0 Å². The van der Waals surface area contributed by atoms with E-state index in [1.807, 2.05) is 19.1 Å². The van der Waals surface area contributed by atoms with Crippen LogP contribution in [0.4, 0.5) is 0 Å². The summed E-state index contributed by atoms with van der Waals surface area (Å²) < 4.78 is 11.0. The SMILES string of the molecule is COC(=O)c1cc2cc(C)ccn2c1C(=O)OC. The van der Waals surface area contributed by atoms with Crippen molar-refractivity contribution in [1.82, 2.24) is 4.40 Å². The lowest BCUT2D eigenvalue weighted by atomic mass is 10.2. The Bertz CT molecular complexity index is 627. The number of rotatable bonds is 2. The number of aryl methyl sites for hydroxylation is 1. The number of methoxy groups -OCH3 is 2. The van der Waals surface area contributed by atoms with E-state index in [-0.39, 0.29) is 11.3 Å². The van der Waals surface area contributed by atoms with E-state index in [1.165, 1.54) is 14.2 Å². The second-order valence-corrected chi connectivity index (χ2v) is 3.89. The fourth-order valence-corrected chi connectivity index (χ4v) is 1.86. The summed E-state index contributed by atoms with van der Waals surface area (Å²) in [5.74, 6) is -1.13. The van der Waals surface area contributed by atoms with Gasteiger partial charge in [0.2, 0.25) is 0 Å². The van der Waals surface area contributed by atoms with Crippen LogP contribution >= 0.6 is 0 Å². The lowest BCUT2D eigenvalue weighted by Gasteiger charge is -2.03. The molecule has 5 heteroatoms. The number of aromatic nitrogens is 1. The smallest absolute Gasteiger partial charge is 0.355 e. The first-order valence-electron chi connectivity index (χ1n) is 5.37. The molecule has 2 aromatic rings. The minimum atomic E-state index is -0.570. The van der Waals surface area contributed by atoms with Gasteiger partial charge >= 0.3 is 11.9 Å². The number of carbonyl (C=O) groups is 2. The third-order valence-electron chi connectivity index (χ3n) is 2.71. The molecule has 0 saturated carbocycles. The van der Waals surface area contributed by atoms with E-state index in [0.29, 0.717) is 0 Å². The molecular formula is C13H13NO4. The summed E-state index contributed by atoms with van der Waals surface area (Å²) in [6.45, 7) is 1.93. The molecule has 5 nitrogen and oxygen atoms in total. The van der Waals surface area contributed by atoms with Gasteiger partial charge in [-0.3, -0.25) is 0 Å². The molecule has 0 aliphatic rings. The molecule has 0 saturated heterocycles. The molecule has 0 spiro atoms. The summed E-state index contributed by atoms with van der Waals surface area (Å²) in [5, 5.41) is 0.